The number of allylic oxidation sites excluding steroid dienone is 1. The molecular formula is C13H19ClN2. The Morgan fingerprint density at radius 1 is 1.38 bits per heavy atom. The molecule has 0 unspecified atom stereocenters. The van der Waals surface area contributed by atoms with Crippen LogP contribution in [0.2, 0.25) is 5.02 Å². The minimum Gasteiger partial charge on any atom is -0.316 e. The number of pyridine rings is 1. The van der Waals surface area contributed by atoms with Crippen molar-refractivity contribution in [3.05, 3.63) is 41.2 Å². The molecule has 0 aliphatic rings. The first kappa shape index (κ1) is 13.2. The van der Waals surface area contributed by atoms with Crippen molar-refractivity contribution >= 4 is 11.6 Å². The fourth-order valence-corrected chi connectivity index (χ4v) is 1.58. The Kier molecular flexibility index (Phi) is 6.86. The van der Waals surface area contributed by atoms with E-state index in [1.807, 2.05) is 6.07 Å². The van der Waals surface area contributed by atoms with Crippen LogP contribution in [0.25, 0.3) is 0 Å². The molecule has 0 spiro atoms. The van der Waals surface area contributed by atoms with Crippen molar-refractivity contribution in [1.82, 2.24) is 10.3 Å². The molecule has 0 aromatic carbocycles. The van der Waals surface area contributed by atoms with Crippen molar-refractivity contribution < 1.29 is 0 Å². The molecule has 16 heavy (non-hydrogen) atoms. The van der Waals surface area contributed by atoms with Gasteiger partial charge in [-0.2, -0.15) is 0 Å². The highest BCUT2D eigenvalue weighted by Crippen LogP contribution is 2.13. The van der Waals surface area contributed by atoms with Gasteiger partial charge in [-0.3, -0.25) is 4.98 Å². The SMILES string of the molecule is CCCNCCC=CCc1ccncc1Cl. The quantitative estimate of drug-likeness (QED) is 0.583. The lowest BCUT2D eigenvalue weighted by Gasteiger charge is -1.99. The highest BCUT2D eigenvalue weighted by molar-refractivity contribution is 6.31. The van der Waals surface area contributed by atoms with E-state index in [9.17, 15) is 0 Å². The maximum absolute atomic E-state index is 6.00. The molecule has 1 rings (SSSR count). The zero-order valence-corrected chi connectivity index (χ0v) is 10.5. The van der Waals surface area contributed by atoms with Crippen LogP contribution in [0, 0.1) is 0 Å². The van der Waals surface area contributed by atoms with Gasteiger partial charge in [0, 0.05) is 12.4 Å². The summed E-state index contributed by atoms with van der Waals surface area (Å²) in [6.07, 6.45) is 11.0. The fourth-order valence-electron chi connectivity index (χ4n) is 1.38. The van der Waals surface area contributed by atoms with E-state index in [4.69, 9.17) is 11.6 Å². The summed E-state index contributed by atoms with van der Waals surface area (Å²) < 4.78 is 0. The zero-order valence-electron chi connectivity index (χ0n) is 9.75. The van der Waals surface area contributed by atoms with Crippen LogP contribution in [0.15, 0.2) is 30.6 Å². The highest BCUT2D eigenvalue weighted by Gasteiger charge is 1.95. The maximum Gasteiger partial charge on any atom is 0.0624 e. The lowest BCUT2D eigenvalue weighted by Crippen LogP contribution is -2.14. The Morgan fingerprint density at radius 3 is 3.00 bits per heavy atom. The number of halogens is 1. The van der Waals surface area contributed by atoms with E-state index in [1.54, 1.807) is 12.4 Å². The lowest BCUT2D eigenvalue weighted by atomic mass is 10.2. The Bertz CT molecular complexity index is 323. The van der Waals surface area contributed by atoms with Gasteiger partial charge >= 0.3 is 0 Å². The predicted octanol–water partition coefficient (Wildman–Crippen LogP) is 3.22. The molecule has 0 amide bonds. The summed E-state index contributed by atoms with van der Waals surface area (Å²) in [4.78, 5) is 3.96. The van der Waals surface area contributed by atoms with Gasteiger partial charge in [0.1, 0.15) is 0 Å². The number of hydrogen-bond acceptors (Lipinski definition) is 2. The summed E-state index contributed by atoms with van der Waals surface area (Å²) in [6.45, 7) is 4.33. The van der Waals surface area contributed by atoms with Gasteiger partial charge in [-0.1, -0.05) is 30.7 Å². The largest absolute Gasteiger partial charge is 0.316 e. The summed E-state index contributed by atoms with van der Waals surface area (Å²) in [6, 6.07) is 1.96. The van der Waals surface area contributed by atoms with Crippen LogP contribution in [0.5, 0.6) is 0 Å². The fraction of sp³-hybridized carbons (Fsp3) is 0.462. The van der Waals surface area contributed by atoms with Crippen LogP contribution in [0.3, 0.4) is 0 Å². The third-order valence-corrected chi connectivity index (χ3v) is 2.62. The van der Waals surface area contributed by atoms with Gasteiger partial charge in [-0.15, -0.1) is 0 Å². The van der Waals surface area contributed by atoms with Crippen LogP contribution in [-0.2, 0) is 6.42 Å². The minimum atomic E-state index is 0.747. The molecule has 2 nitrogen and oxygen atoms in total. The van der Waals surface area contributed by atoms with Crippen LogP contribution in [0.1, 0.15) is 25.3 Å². The van der Waals surface area contributed by atoms with Crippen LogP contribution >= 0.6 is 11.6 Å². The van der Waals surface area contributed by atoms with E-state index in [0.717, 1.165) is 36.5 Å². The molecule has 0 aliphatic heterocycles. The molecule has 1 aromatic heterocycles. The molecule has 0 saturated heterocycles. The van der Waals surface area contributed by atoms with Crippen molar-refractivity contribution in [1.29, 1.82) is 0 Å². The maximum atomic E-state index is 6.00. The second-order valence-corrected chi connectivity index (χ2v) is 4.09. The Balaban J connectivity index is 2.19. The van der Waals surface area contributed by atoms with Gasteiger partial charge in [-0.25, -0.2) is 0 Å². The predicted molar refractivity (Wildman–Crippen MR) is 69.9 cm³/mol. The van der Waals surface area contributed by atoms with Crippen molar-refractivity contribution in [2.24, 2.45) is 0 Å². The molecule has 3 heteroatoms. The second kappa shape index (κ2) is 8.31. The first-order chi connectivity index (χ1) is 7.84. The molecule has 0 fully saturated rings. The van der Waals surface area contributed by atoms with Gasteiger partial charge in [0.15, 0.2) is 0 Å². The summed E-state index contributed by atoms with van der Waals surface area (Å²) in [7, 11) is 0. The average Bonchev–Trinajstić information content (AvgIpc) is 2.30. The Hall–Kier alpha value is -0.860. The molecule has 1 heterocycles. The first-order valence-corrected chi connectivity index (χ1v) is 6.16. The Morgan fingerprint density at radius 2 is 2.25 bits per heavy atom. The number of nitrogens with zero attached hydrogens (tertiary/aromatic N) is 1. The molecule has 88 valence electrons. The normalized spacial score (nSPS) is 11.1. The van der Waals surface area contributed by atoms with Crippen LogP contribution in [-0.4, -0.2) is 18.1 Å². The van der Waals surface area contributed by atoms with E-state index < -0.39 is 0 Å². The molecule has 1 N–H and O–H groups in total. The van der Waals surface area contributed by atoms with E-state index in [-0.39, 0.29) is 0 Å². The summed E-state index contributed by atoms with van der Waals surface area (Å²) in [5.74, 6) is 0. The average molecular weight is 239 g/mol. The van der Waals surface area contributed by atoms with Crippen molar-refractivity contribution in [2.45, 2.75) is 26.2 Å². The van der Waals surface area contributed by atoms with E-state index >= 15 is 0 Å². The monoisotopic (exact) mass is 238 g/mol. The minimum absolute atomic E-state index is 0.747. The third kappa shape index (κ3) is 5.29. The number of hydrogen-bond donors (Lipinski definition) is 1. The standard InChI is InChI=1S/C13H19ClN2/c1-2-8-15-9-5-3-4-6-12-7-10-16-11-13(12)14/h3-4,7,10-11,15H,2,5-6,8-9H2,1H3. The van der Waals surface area contributed by atoms with Crippen molar-refractivity contribution in [3.8, 4) is 0 Å². The smallest absolute Gasteiger partial charge is 0.0624 e. The van der Waals surface area contributed by atoms with Crippen molar-refractivity contribution in [2.75, 3.05) is 13.1 Å². The van der Waals surface area contributed by atoms with Crippen molar-refractivity contribution in [3.63, 3.8) is 0 Å². The molecule has 0 aliphatic carbocycles. The summed E-state index contributed by atoms with van der Waals surface area (Å²) >= 11 is 6.00. The third-order valence-electron chi connectivity index (χ3n) is 2.28. The molecular weight excluding hydrogens is 220 g/mol. The van der Waals surface area contributed by atoms with Gasteiger partial charge in [-0.05, 0) is 44.0 Å². The topological polar surface area (TPSA) is 24.9 Å². The van der Waals surface area contributed by atoms with Gasteiger partial charge < -0.3 is 5.32 Å². The van der Waals surface area contributed by atoms with Gasteiger partial charge in [0.2, 0.25) is 0 Å². The highest BCUT2D eigenvalue weighted by atomic mass is 35.5. The summed E-state index contributed by atoms with van der Waals surface area (Å²) in [5.41, 5.74) is 1.13. The molecule has 1 aromatic rings. The lowest BCUT2D eigenvalue weighted by molar-refractivity contribution is 0.678. The molecule has 0 bridgehead atoms. The zero-order chi connectivity index (χ0) is 11.6. The van der Waals surface area contributed by atoms with Gasteiger partial charge in [0.25, 0.3) is 0 Å². The number of nitrogens with one attached hydrogen (secondary N) is 1. The second-order valence-electron chi connectivity index (χ2n) is 3.68. The van der Waals surface area contributed by atoms with Crippen LogP contribution in [0.4, 0.5) is 0 Å². The Labute approximate surface area is 103 Å². The van der Waals surface area contributed by atoms with Gasteiger partial charge in [0.05, 0.1) is 5.02 Å². The summed E-state index contributed by atoms with van der Waals surface area (Å²) in [5, 5.41) is 4.10. The van der Waals surface area contributed by atoms with Crippen LogP contribution < -0.4 is 5.32 Å². The van der Waals surface area contributed by atoms with E-state index in [2.05, 4.69) is 29.4 Å². The molecule has 0 saturated carbocycles. The molecule has 0 radical (unpaired) electrons. The molecule has 0 atom stereocenters. The number of rotatable bonds is 7. The van der Waals surface area contributed by atoms with E-state index in [0.29, 0.717) is 0 Å². The number of aromatic nitrogens is 1. The van der Waals surface area contributed by atoms with E-state index in [1.165, 1.54) is 6.42 Å². The first-order valence-electron chi connectivity index (χ1n) is 5.78.